The Hall–Kier alpha value is -3.02. The minimum atomic E-state index is -1.25. The number of aliphatic carboxylic acids is 1. The summed E-state index contributed by atoms with van der Waals surface area (Å²) in [6, 6.07) is 15.2. The number of carboxylic acid groups (broad SMARTS) is 1. The third kappa shape index (κ3) is 6.66. The standard InChI is InChI=1S/C21H25NO5/c1-14(2)26-18-11-9-16(10-12-18)19(13-20(23)24)22-21(25)15(3)27-17-7-5-4-6-8-17/h4-12,14-15,19H,13H2,1-3H3,(H,22,25)(H,23,24)/p-1/t15-,19+/m0/s1. The Bertz CT molecular complexity index is 743. The fourth-order valence-corrected chi connectivity index (χ4v) is 2.52. The van der Waals surface area contributed by atoms with Crippen molar-refractivity contribution in [3.63, 3.8) is 0 Å². The summed E-state index contributed by atoms with van der Waals surface area (Å²) in [5, 5.41) is 13.8. The highest BCUT2D eigenvalue weighted by Gasteiger charge is 2.20. The second kappa shape index (κ2) is 9.62. The molecule has 0 aliphatic heterocycles. The van der Waals surface area contributed by atoms with Gasteiger partial charge >= 0.3 is 0 Å². The highest BCUT2D eigenvalue weighted by molar-refractivity contribution is 5.81. The summed E-state index contributed by atoms with van der Waals surface area (Å²) in [6.07, 6.45) is -1.08. The molecule has 1 N–H and O–H groups in total. The summed E-state index contributed by atoms with van der Waals surface area (Å²) in [7, 11) is 0. The summed E-state index contributed by atoms with van der Waals surface area (Å²) in [5.41, 5.74) is 0.649. The maximum Gasteiger partial charge on any atom is 0.261 e. The number of hydrogen-bond acceptors (Lipinski definition) is 5. The van der Waals surface area contributed by atoms with Crippen LogP contribution in [0.4, 0.5) is 0 Å². The molecule has 2 aromatic carbocycles. The number of carbonyl (C=O) groups excluding carboxylic acids is 2. The van der Waals surface area contributed by atoms with E-state index in [2.05, 4.69) is 5.32 Å². The lowest BCUT2D eigenvalue weighted by Gasteiger charge is -2.23. The Kier molecular flexibility index (Phi) is 7.23. The van der Waals surface area contributed by atoms with E-state index in [-0.39, 0.29) is 12.5 Å². The van der Waals surface area contributed by atoms with E-state index in [9.17, 15) is 14.7 Å². The van der Waals surface area contributed by atoms with Gasteiger partial charge in [0.1, 0.15) is 11.5 Å². The normalized spacial score (nSPS) is 12.9. The Morgan fingerprint density at radius 1 is 0.926 bits per heavy atom. The summed E-state index contributed by atoms with van der Waals surface area (Å²) in [5.74, 6) is -0.424. The summed E-state index contributed by atoms with van der Waals surface area (Å²) >= 11 is 0. The van der Waals surface area contributed by atoms with Crippen LogP contribution in [0.25, 0.3) is 0 Å². The van der Waals surface area contributed by atoms with Crippen LogP contribution in [0.15, 0.2) is 54.6 Å². The van der Waals surface area contributed by atoms with E-state index in [0.29, 0.717) is 17.1 Å². The van der Waals surface area contributed by atoms with Gasteiger partial charge in [0.2, 0.25) is 0 Å². The van der Waals surface area contributed by atoms with Crippen molar-refractivity contribution in [1.82, 2.24) is 5.32 Å². The molecule has 2 rings (SSSR count). The molecular formula is C21H24NO5-. The number of nitrogens with one attached hydrogen (secondary N) is 1. The van der Waals surface area contributed by atoms with E-state index in [1.54, 1.807) is 55.5 Å². The zero-order valence-corrected chi connectivity index (χ0v) is 15.7. The zero-order valence-electron chi connectivity index (χ0n) is 15.7. The number of hydrogen-bond donors (Lipinski definition) is 1. The van der Waals surface area contributed by atoms with Crippen molar-refractivity contribution in [2.24, 2.45) is 0 Å². The lowest BCUT2D eigenvalue weighted by Crippen LogP contribution is -2.40. The number of rotatable bonds is 9. The highest BCUT2D eigenvalue weighted by atomic mass is 16.5. The number of amides is 1. The molecular weight excluding hydrogens is 346 g/mol. The second-order valence-electron chi connectivity index (χ2n) is 6.45. The molecule has 0 saturated carbocycles. The molecule has 0 unspecified atom stereocenters. The SMILES string of the molecule is CC(C)Oc1ccc([C@@H](CC(=O)[O-])NC(=O)[C@H](C)Oc2ccccc2)cc1. The van der Waals surface area contributed by atoms with Gasteiger partial charge in [0, 0.05) is 12.4 Å². The van der Waals surface area contributed by atoms with Crippen molar-refractivity contribution in [3.8, 4) is 11.5 Å². The molecule has 2 aromatic rings. The van der Waals surface area contributed by atoms with Crippen LogP contribution in [0, 0.1) is 0 Å². The maximum atomic E-state index is 12.5. The lowest BCUT2D eigenvalue weighted by molar-refractivity contribution is -0.306. The van der Waals surface area contributed by atoms with E-state index in [1.165, 1.54) is 0 Å². The molecule has 0 fully saturated rings. The maximum absolute atomic E-state index is 12.5. The van der Waals surface area contributed by atoms with Crippen LogP contribution in [-0.2, 0) is 9.59 Å². The van der Waals surface area contributed by atoms with Gasteiger partial charge < -0.3 is 24.7 Å². The highest BCUT2D eigenvalue weighted by Crippen LogP contribution is 2.21. The molecule has 0 aliphatic rings. The summed E-state index contributed by atoms with van der Waals surface area (Å²) in [4.78, 5) is 23.6. The topological polar surface area (TPSA) is 87.7 Å². The number of benzene rings is 2. The lowest BCUT2D eigenvalue weighted by atomic mass is 10.0. The summed E-state index contributed by atoms with van der Waals surface area (Å²) in [6.45, 7) is 5.44. The van der Waals surface area contributed by atoms with Gasteiger partial charge in [-0.2, -0.15) is 0 Å². The molecule has 2 atom stereocenters. The number of carboxylic acids is 1. The third-order valence-corrected chi connectivity index (χ3v) is 3.77. The fraction of sp³-hybridized carbons (Fsp3) is 0.333. The van der Waals surface area contributed by atoms with Crippen molar-refractivity contribution >= 4 is 11.9 Å². The van der Waals surface area contributed by atoms with E-state index in [0.717, 1.165) is 0 Å². The van der Waals surface area contributed by atoms with Crippen molar-refractivity contribution < 1.29 is 24.2 Å². The van der Waals surface area contributed by atoms with Crippen molar-refractivity contribution in [2.75, 3.05) is 0 Å². The number of ether oxygens (including phenoxy) is 2. The number of carbonyl (C=O) groups is 2. The predicted molar refractivity (Wildman–Crippen MR) is 99.2 cm³/mol. The van der Waals surface area contributed by atoms with Crippen molar-refractivity contribution in [3.05, 3.63) is 60.2 Å². The first-order valence-electron chi connectivity index (χ1n) is 8.83. The molecule has 0 heterocycles. The first-order valence-corrected chi connectivity index (χ1v) is 8.83. The van der Waals surface area contributed by atoms with Crippen LogP contribution >= 0.6 is 0 Å². The molecule has 0 radical (unpaired) electrons. The molecule has 0 aromatic heterocycles. The quantitative estimate of drug-likeness (QED) is 0.731. The minimum Gasteiger partial charge on any atom is -0.550 e. The Balaban J connectivity index is 2.06. The van der Waals surface area contributed by atoms with Crippen LogP contribution in [0.5, 0.6) is 11.5 Å². The largest absolute Gasteiger partial charge is 0.550 e. The third-order valence-electron chi connectivity index (χ3n) is 3.77. The van der Waals surface area contributed by atoms with Gasteiger partial charge in [-0.05, 0) is 50.6 Å². The summed E-state index contributed by atoms with van der Waals surface area (Å²) < 4.78 is 11.2. The van der Waals surface area contributed by atoms with Gasteiger partial charge in [0.05, 0.1) is 12.1 Å². The molecule has 1 amide bonds. The van der Waals surface area contributed by atoms with Crippen molar-refractivity contribution in [2.45, 2.75) is 45.4 Å². The first kappa shape index (κ1) is 20.3. The van der Waals surface area contributed by atoms with Gasteiger partial charge in [-0.25, -0.2) is 0 Å². The van der Waals surface area contributed by atoms with Gasteiger partial charge in [0.15, 0.2) is 6.10 Å². The average molecular weight is 370 g/mol. The van der Waals surface area contributed by atoms with Gasteiger partial charge in [-0.1, -0.05) is 30.3 Å². The van der Waals surface area contributed by atoms with Crippen LogP contribution < -0.4 is 19.9 Å². The van der Waals surface area contributed by atoms with E-state index in [4.69, 9.17) is 9.47 Å². The molecule has 0 spiro atoms. The fourth-order valence-electron chi connectivity index (χ4n) is 2.52. The van der Waals surface area contributed by atoms with Gasteiger partial charge in [-0.15, -0.1) is 0 Å². The molecule has 0 bridgehead atoms. The Morgan fingerprint density at radius 2 is 1.52 bits per heavy atom. The van der Waals surface area contributed by atoms with Gasteiger partial charge in [0.25, 0.3) is 5.91 Å². The van der Waals surface area contributed by atoms with Crippen LogP contribution in [0.1, 0.15) is 38.8 Å². The van der Waals surface area contributed by atoms with Gasteiger partial charge in [-0.3, -0.25) is 4.79 Å². The molecule has 0 aliphatic carbocycles. The van der Waals surface area contributed by atoms with E-state index >= 15 is 0 Å². The number of para-hydroxylation sites is 1. The van der Waals surface area contributed by atoms with E-state index in [1.807, 2.05) is 19.9 Å². The Labute approximate surface area is 159 Å². The molecule has 0 saturated heterocycles. The molecule has 6 nitrogen and oxygen atoms in total. The van der Waals surface area contributed by atoms with Crippen LogP contribution in [0.3, 0.4) is 0 Å². The van der Waals surface area contributed by atoms with Crippen LogP contribution in [-0.4, -0.2) is 24.1 Å². The van der Waals surface area contributed by atoms with E-state index < -0.39 is 24.0 Å². The molecule has 6 heteroatoms. The molecule has 27 heavy (non-hydrogen) atoms. The smallest absolute Gasteiger partial charge is 0.261 e. The zero-order chi connectivity index (χ0) is 19.8. The van der Waals surface area contributed by atoms with Crippen molar-refractivity contribution in [1.29, 1.82) is 0 Å². The first-order chi connectivity index (χ1) is 12.8. The monoisotopic (exact) mass is 370 g/mol. The van der Waals surface area contributed by atoms with Crippen LogP contribution in [0.2, 0.25) is 0 Å². The molecule has 144 valence electrons. The predicted octanol–water partition coefficient (Wildman–Crippen LogP) is 2.24. The average Bonchev–Trinajstić information content (AvgIpc) is 2.61. The second-order valence-corrected chi connectivity index (χ2v) is 6.45. The Morgan fingerprint density at radius 3 is 2.07 bits per heavy atom. The minimum absolute atomic E-state index is 0.0329.